The van der Waals surface area contributed by atoms with Crippen LogP contribution < -0.4 is 0 Å². The van der Waals surface area contributed by atoms with Gasteiger partial charge in [-0.05, 0) is 63.1 Å². The zero-order chi connectivity index (χ0) is 31.0. The topological polar surface area (TPSA) is 148 Å². The van der Waals surface area contributed by atoms with Crippen LogP contribution in [0.3, 0.4) is 0 Å². The van der Waals surface area contributed by atoms with Gasteiger partial charge in [-0.25, -0.2) is 19.6 Å². The second-order valence-electron chi connectivity index (χ2n) is 12.4. The molecule has 0 aliphatic carbocycles. The first-order valence-corrected chi connectivity index (χ1v) is 15.1. The second kappa shape index (κ2) is 11.8. The molecule has 2 atom stereocenters. The highest BCUT2D eigenvalue weighted by Crippen LogP contribution is 2.35. The van der Waals surface area contributed by atoms with E-state index in [4.69, 9.17) is 9.72 Å². The van der Waals surface area contributed by atoms with E-state index in [1.807, 2.05) is 69.3 Å². The molecule has 0 unspecified atom stereocenters. The quantitative estimate of drug-likeness (QED) is 0.198. The van der Waals surface area contributed by atoms with Crippen LogP contribution in [0.15, 0.2) is 54.7 Å². The summed E-state index contributed by atoms with van der Waals surface area (Å²) >= 11 is 0. The number of imidazole rings is 2. The molecule has 2 saturated heterocycles. The number of benzene rings is 2. The van der Waals surface area contributed by atoms with Crippen LogP contribution in [0.5, 0.6) is 0 Å². The van der Waals surface area contributed by atoms with E-state index in [9.17, 15) is 19.8 Å². The Morgan fingerprint density at radius 2 is 1.43 bits per heavy atom. The van der Waals surface area contributed by atoms with Crippen molar-refractivity contribution in [3.05, 3.63) is 72.1 Å². The van der Waals surface area contributed by atoms with Gasteiger partial charge in [-0.2, -0.15) is 0 Å². The van der Waals surface area contributed by atoms with Crippen LogP contribution in [0.2, 0.25) is 0 Å². The number of aromatic nitrogens is 4. The number of aliphatic hydroxyl groups is 1. The average molecular weight is 599 g/mol. The van der Waals surface area contributed by atoms with Crippen LogP contribution >= 0.6 is 0 Å². The Morgan fingerprint density at radius 1 is 0.864 bits per heavy atom. The molecule has 0 saturated carbocycles. The number of aliphatic hydroxyl groups excluding tert-OH is 1. The predicted molar refractivity (Wildman–Crippen MR) is 165 cm³/mol. The normalized spacial score (nSPS) is 18.6. The summed E-state index contributed by atoms with van der Waals surface area (Å²) in [5, 5.41) is 19.6. The highest BCUT2D eigenvalue weighted by Gasteiger charge is 2.35. The third kappa shape index (κ3) is 5.92. The molecule has 2 aromatic heterocycles. The molecule has 2 amide bonds. The summed E-state index contributed by atoms with van der Waals surface area (Å²) in [5.41, 5.74) is 5.44. The number of H-pyrrole nitrogens is 2. The van der Waals surface area contributed by atoms with Crippen molar-refractivity contribution in [3.63, 3.8) is 0 Å². The highest BCUT2D eigenvalue weighted by atomic mass is 16.6. The minimum Gasteiger partial charge on any atom is -0.465 e. The number of carboxylic acid groups (broad SMARTS) is 1. The Labute approximate surface area is 255 Å². The van der Waals surface area contributed by atoms with E-state index in [1.165, 1.54) is 4.90 Å². The van der Waals surface area contributed by atoms with Crippen molar-refractivity contribution in [2.45, 2.75) is 70.7 Å². The molecular weight excluding hydrogens is 560 g/mol. The van der Waals surface area contributed by atoms with Gasteiger partial charge in [0, 0.05) is 18.7 Å². The van der Waals surface area contributed by atoms with Crippen LogP contribution in [-0.4, -0.2) is 70.8 Å². The highest BCUT2D eigenvalue weighted by molar-refractivity contribution is 5.73. The number of hydrogen-bond donors (Lipinski definition) is 4. The van der Waals surface area contributed by atoms with Gasteiger partial charge < -0.3 is 24.9 Å². The maximum absolute atomic E-state index is 12.8. The minimum atomic E-state index is -0.917. The van der Waals surface area contributed by atoms with Crippen molar-refractivity contribution in [2.75, 3.05) is 13.1 Å². The van der Waals surface area contributed by atoms with Crippen LogP contribution in [-0.2, 0) is 11.3 Å². The van der Waals surface area contributed by atoms with Gasteiger partial charge in [0.25, 0.3) is 0 Å². The maximum Gasteiger partial charge on any atom is 0.410 e. The fraction of sp³-hybridized carbons (Fsp3) is 0.394. The zero-order valence-electron chi connectivity index (χ0n) is 25.2. The van der Waals surface area contributed by atoms with E-state index in [0.717, 1.165) is 53.6 Å². The summed E-state index contributed by atoms with van der Waals surface area (Å²) in [5.74, 6) is 1.33. The van der Waals surface area contributed by atoms with Crippen LogP contribution in [0.4, 0.5) is 9.59 Å². The van der Waals surface area contributed by atoms with E-state index < -0.39 is 11.7 Å². The molecule has 2 aliphatic heterocycles. The summed E-state index contributed by atoms with van der Waals surface area (Å²) in [7, 11) is 0. The van der Waals surface area contributed by atoms with Crippen molar-refractivity contribution in [2.24, 2.45) is 0 Å². The number of likely N-dealkylation sites (tertiary alicyclic amines) is 2. The van der Waals surface area contributed by atoms with Gasteiger partial charge >= 0.3 is 12.2 Å². The maximum atomic E-state index is 12.8. The Bertz CT molecular complexity index is 1640. The number of aromatic amines is 2. The van der Waals surface area contributed by atoms with E-state index >= 15 is 0 Å². The van der Waals surface area contributed by atoms with Crippen LogP contribution in [0.25, 0.3) is 33.6 Å². The minimum absolute atomic E-state index is 0.199. The summed E-state index contributed by atoms with van der Waals surface area (Å²) in [6.07, 6.45) is 3.70. The zero-order valence-corrected chi connectivity index (χ0v) is 25.2. The molecule has 2 fully saturated rings. The molecule has 4 heterocycles. The SMILES string of the molecule is CC(C)(C)OC(=O)N1CCC[C@H]1c1nc(-c2ccc(-c3ccc(-c4cnc([C@@H]5CCCN5C(=O)O)[nH]4)cc3)cc2)c(CO)[nH]1. The molecule has 44 heavy (non-hydrogen) atoms. The third-order valence-electron chi connectivity index (χ3n) is 8.25. The van der Waals surface area contributed by atoms with Crippen molar-refractivity contribution in [1.29, 1.82) is 0 Å². The van der Waals surface area contributed by atoms with Gasteiger partial charge in [0.1, 0.15) is 17.2 Å². The van der Waals surface area contributed by atoms with Gasteiger partial charge in [0.15, 0.2) is 0 Å². The van der Waals surface area contributed by atoms with Crippen molar-refractivity contribution >= 4 is 12.2 Å². The molecule has 0 spiro atoms. The molecule has 2 aromatic carbocycles. The molecule has 230 valence electrons. The first kappa shape index (κ1) is 29.4. The number of nitrogens with one attached hydrogen (secondary N) is 2. The Balaban J connectivity index is 1.17. The Kier molecular flexibility index (Phi) is 7.89. The van der Waals surface area contributed by atoms with Crippen LogP contribution in [0.1, 0.15) is 75.9 Å². The van der Waals surface area contributed by atoms with Gasteiger partial charge in [0.2, 0.25) is 0 Å². The van der Waals surface area contributed by atoms with Gasteiger partial charge in [-0.3, -0.25) is 9.80 Å². The van der Waals surface area contributed by atoms with Crippen LogP contribution in [0, 0.1) is 0 Å². The number of carbonyl (C=O) groups excluding carboxylic acids is 1. The number of rotatable bonds is 6. The fourth-order valence-corrected chi connectivity index (χ4v) is 6.13. The number of ether oxygens (including phenoxy) is 1. The number of amides is 2. The van der Waals surface area contributed by atoms with Gasteiger partial charge in [0.05, 0.1) is 42.0 Å². The van der Waals surface area contributed by atoms with E-state index in [-0.39, 0.29) is 24.8 Å². The lowest BCUT2D eigenvalue weighted by Crippen LogP contribution is -2.36. The lowest BCUT2D eigenvalue weighted by Gasteiger charge is -2.27. The lowest BCUT2D eigenvalue weighted by atomic mass is 10.0. The summed E-state index contributed by atoms with van der Waals surface area (Å²) in [4.78, 5) is 43.4. The molecule has 6 rings (SSSR count). The lowest BCUT2D eigenvalue weighted by molar-refractivity contribution is 0.0218. The van der Waals surface area contributed by atoms with E-state index in [1.54, 1.807) is 11.1 Å². The molecule has 11 nitrogen and oxygen atoms in total. The number of hydrogen-bond acceptors (Lipinski definition) is 6. The molecule has 0 radical (unpaired) electrons. The Morgan fingerprint density at radius 3 is 2.02 bits per heavy atom. The number of nitrogens with zero attached hydrogens (tertiary/aromatic N) is 4. The molecule has 0 bridgehead atoms. The van der Waals surface area contributed by atoms with Gasteiger partial charge in [-0.15, -0.1) is 0 Å². The molecular formula is C33H38N6O5. The molecule has 11 heteroatoms. The first-order valence-electron chi connectivity index (χ1n) is 15.1. The fourth-order valence-electron chi connectivity index (χ4n) is 6.13. The molecule has 4 aromatic rings. The molecule has 2 aliphatic rings. The monoisotopic (exact) mass is 598 g/mol. The summed E-state index contributed by atoms with van der Waals surface area (Å²) in [6, 6.07) is 15.7. The summed E-state index contributed by atoms with van der Waals surface area (Å²) in [6.45, 7) is 6.49. The van der Waals surface area contributed by atoms with Crippen molar-refractivity contribution in [3.8, 4) is 33.6 Å². The first-order chi connectivity index (χ1) is 21.1. The van der Waals surface area contributed by atoms with Crippen molar-refractivity contribution < 1.29 is 24.5 Å². The van der Waals surface area contributed by atoms with E-state index in [0.29, 0.717) is 36.1 Å². The predicted octanol–water partition coefficient (Wildman–Crippen LogP) is 6.51. The van der Waals surface area contributed by atoms with Gasteiger partial charge in [-0.1, -0.05) is 48.5 Å². The Hall–Kier alpha value is -4.64. The standard InChI is InChI=1S/C33H38N6O5/c1-33(2,3)44-32(43)39-17-5-7-27(39)30-36-25(19-40)28(37-30)23-14-10-21(11-15-23)20-8-12-22(13-9-20)24-18-34-29(35-24)26-6-4-16-38(26)31(41)42/h8-15,18,26-27,40H,4-7,16-17,19H2,1-3H3,(H,34,35)(H,36,37)(H,41,42)/t26-,27-/m0/s1. The second-order valence-corrected chi connectivity index (χ2v) is 12.4. The summed E-state index contributed by atoms with van der Waals surface area (Å²) < 4.78 is 5.61. The average Bonchev–Trinajstić information content (AvgIpc) is 3.82. The van der Waals surface area contributed by atoms with E-state index in [2.05, 4.69) is 15.0 Å². The smallest absolute Gasteiger partial charge is 0.410 e. The third-order valence-corrected chi connectivity index (χ3v) is 8.25. The largest absolute Gasteiger partial charge is 0.465 e. The molecule has 4 N–H and O–H groups in total. The van der Waals surface area contributed by atoms with Crippen molar-refractivity contribution in [1.82, 2.24) is 29.7 Å². The number of carbonyl (C=O) groups is 2.